The van der Waals surface area contributed by atoms with Crippen LogP contribution < -0.4 is 0 Å². The van der Waals surface area contributed by atoms with E-state index in [4.69, 9.17) is 0 Å². The van der Waals surface area contributed by atoms with Crippen LogP contribution in [-0.4, -0.2) is 26.1 Å². The second-order valence-electron chi connectivity index (χ2n) is 5.59. The fraction of sp³-hybridized carbons (Fsp3) is 0.429. The van der Waals surface area contributed by atoms with E-state index < -0.39 is 5.92 Å². The summed E-state index contributed by atoms with van der Waals surface area (Å²) in [6.07, 6.45) is 1.21. The topological polar surface area (TPSA) is 51.6 Å². The second kappa shape index (κ2) is 4.13. The number of alkyl halides is 2. The Kier molecular flexibility index (Phi) is 2.54. The maximum Gasteiger partial charge on any atom is 0.249 e. The van der Waals surface area contributed by atoms with Gasteiger partial charge >= 0.3 is 0 Å². The average molecular weight is 306 g/mol. The molecule has 0 spiro atoms. The van der Waals surface area contributed by atoms with Gasteiger partial charge in [-0.3, -0.25) is 0 Å². The molecule has 3 heterocycles. The maximum absolute atomic E-state index is 13.1. The van der Waals surface area contributed by atoms with Crippen LogP contribution in [0.5, 0.6) is 0 Å². The number of fused-ring (bicyclic) bond motifs is 3. The Hall–Kier alpha value is -1.76. The first-order valence-corrected chi connectivity index (χ1v) is 7.53. The van der Waals surface area contributed by atoms with Gasteiger partial charge in [-0.15, -0.1) is 16.4 Å². The lowest BCUT2D eigenvalue weighted by molar-refractivity contribution is -0.0872. The Labute approximate surface area is 123 Å². The molecular weight excluding hydrogens is 294 g/mol. The molecule has 4 nitrogen and oxygen atoms in total. The summed E-state index contributed by atoms with van der Waals surface area (Å²) < 4.78 is 27.1. The maximum atomic E-state index is 13.1. The van der Waals surface area contributed by atoms with Gasteiger partial charge in [0.2, 0.25) is 5.92 Å². The highest BCUT2D eigenvalue weighted by Gasteiger charge is 2.47. The van der Waals surface area contributed by atoms with Crippen LogP contribution >= 0.6 is 11.3 Å². The molecule has 0 bridgehead atoms. The average Bonchev–Trinajstić information content (AvgIpc) is 2.79. The van der Waals surface area contributed by atoms with Gasteiger partial charge in [-0.05, 0) is 19.4 Å². The van der Waals surface area contributed by atoms with Gasteiger partial charge in [0.15, 0.2) is 0 Å². The Bertz CT molecular complexity index is 866. The summed E-state index contributed by atoms with van der Waals surface area (Å²) in [7, 11) is 0. The normalized spacial score (nSPS) is 18.3. The van der Waals surface area contributed by atoms with E-state index in [0.29, 0.717) is 0 Å². The van der Waals surface area contributed by atoms with E-state index in [1.54, 1.807) is 0 Å². The van der Waals surface area contributed by atoms with Gasteiger partial charge < -0.3 is 0 Å². The van der Waals surface area contributed by atoms with Crippen molar-refractivity contribution in [2.75, 3.05) is 0 Å². The molecule has 0 N–H and O–H groups in total. The molecule has 0 amide bonds. The largest absolute Gasteiger partial charge is 0.249 e. The lowest BCUT2D eigenvalue weighted by Crippen LogP contribution is -2.34. The summed E-state index contributed by atoms with van der Waals surface area (Å²) in [5, 5.41) is 9.30. The first kappa shape index (κ1) is 12.9. The predicted molar refractivity (Wildman–Crippen MR) is 76.9 cm³/mol. The molecule has 0 atom stereocenters. The molecule has 108 valence electrons. The number of aryl methyl sites for hydroxylation is 2. The van der Waals surface area contributed by atoms with E-state index >= 15 is 0 Å². The van der Waals surface area contributed by atoms with E-state index in [0.717, 1.165) is 37.4 Å². The van der Waals surface area contributed by atoms with Crippen molar-refractivity contribution in [1.29, 1.82) is 0 Å². The van der Waals surface area contributed by atoms with Crippen LogP contribution in [0, 0.1) is 13.8 Å². The van der Waals surface area contributed by atoms with Crippen molar-refractivity contribution in [3.8, 4) is 0 Å². The molecule has 0 aromatic carbocycles. The van der Waals surface area contributed by atoms with E-state index in [9.17, 15) is 8.78 Å². The summed E-state index contributed by atoms with van der Waals surface area (Å²) in [6, 6.07) is 0. The van der Waals surface area contributed by atoms with Crippen molar-refractivity contribution in [2.45, 2.75) is 38.5 Å². The molecule has 0 unspecified atom stereocenters. The smallest absolute Gasteiger partial charge is 0.240 e. The third kappa shape index (κ3) is 1.83. The molecule has 1 saturated carbocycles. The summed E-state index contributed by atoms with van der Waals surface area (Å²) >= 11 is 1.45. The molecule has 1 aliphatic rings. The first-order valence-electron chi connectivity index (χ1n) is 6.71. The third-order valence-electron chi connectivity index (χ3n) is 4.17. The number of halogens is 2. The molecule has 4 rings (SSSR count). The van der Waals surface area contributed by atoms with Crippen LogP contribution in [0.3, 0.4) is 0 Å². The lowest BCUT2D eigenvalue weighted by Gasteiger charge is -2.34. The van der Waals surface area contributed by atoms with Crippen LogP contribution in [0.2, 0.25) is 0 Å². The number of nitrogens with zero attached hydrogens (tertiary/aromatic N) is 4. The van der Waals surface area contributed by atoms with Crippen LogP contribution in [0.25, 0.3) is 20.4 Å². The number of aromatic nitrogens is 4. The molecule has 3 aromatic rings. The van der Waals surface area contributed by atoms with Crippen molar-refractivity contribution in [2.24, 2.45) is 0 Å². The standard InChI is InChI=1S/C14H12F2N4S/c1-6-7(2)19-20-13-9(6)11-12(21-13)10(17-5-18-11)8-3-14(15,16)4-8/h5,8H,3-4H2,1-2H3. The van der Waals surface area contributed by atoms with Gasteiger partial charge in [0, 0.05) is 24.1 Å². The Balaban J connectivity index is 1.97. The summed E-state index contributed by atoms with van der Waals surface area (Å²) in [4.78, 5) is 9.41. The summed E-state index contributed by atoms with van der Waals surface area (Å²) in [5.41, 5.74) is 3.43. The molecule has 1 fully saturated rings. The van der Waals surface area contributed by atoms with E-state index in [2.05, 4.69) is 20.2 Å². The minimum absolute atomic E-state index is 0.128. The van der Waals surface area contributed by atoms with Crippen molar-refractivity contribution in [3.05, 3.63) is 23.3 Å². The van der Waals surface area contributed by atoms with Gasteiger partial charge in [-0.1, -0.05) is 0 Å². The Morgan fingerprint density at radius 1 is 1.19 bits per heavy atom. The molecule has 0 radical (unpaired) electrons. The second-order valence-corrected chi connectivity index (χ2v) is 6.59. The highest BCUT2D eigenvalue weighted by atomic mass is 32.1. The quantitative estimate of drug-likeness (QED) is 0.687. The fourth-order valence-corrected chi connectivity index (χ4v) is 4.05. The molecular formula is C14H12F2N4S. The molecule has 3 aromatic heterocycles. The van der Waals surface area contributed by atoms with Crippen LogP contribution in [0.1, 0.15) is 35.7 Å². The summed E-state index contributed by atoms with van der Waals surface area (Å²) in [6.45, 7) is 3.89. The van der Waals surface area contributed by atoms with Gasteiger partial charge in [0.05, 0.1) is 21.6 Å². The van der Waals surface area contributed by atoms with E-state index in [1.807, 2.05) is 13.8 Å². The minimum Gasteiger partial charge on any atom is -0.240 e. The Morgan fingerprint density at radius 3 is 2.67 bits per heavy atom. The fourth-order valence-electron chi connectivity index (χ4n) is 2.85. The molecule has 1 aliphatic carbocycles. The van der Waals surface area contributed by atoms with Crippen LogP contribution in [0.15, 0.2) is 6.33 Å². The lowest BCUT2D eigenvalue weighted by atomic mass is 9.79. The Morgan fingerprint density at radius 2 is 1.95 bits per heavy atom. The van der Waals surface area contributed by atoms with Crippen LogP contribution in [0.4, 0.5) is 8.78 Å². The number of hydrogen-bond acceptors (Lipinski definition) is 5. The van der Waals surface area contributed by atoms with Crippen LogP contribution in [-0.2, 0) is 0 Å². The van der Waals surface area contributed by atoms with E-state index in [1.165, 1.54) is 17.7 Å². The highest BCUT2D eigenvalue weighted by Crippen LogP contribution is 2.50. The van der Waals surface area contributed by atoms with Crippen molar-refractivity contribution >= 4 is 31.8 Å². The van der Waals surface area contributed by atoms with Gasteiger partial charge in [-0.25, -0.2) is 18.7 Å². The molecule has 0 aliphatic heterocycles. The zero-order valence-electron chi connectivity index (χ0n) is 11.5. The molecule has 7 heteroatoms. The minimum atomic E-state index is -2.55. The van der Waals surface area contributed by atoms with Crippen molar-refractivity contribution in [1.82, 2.24) is 20.2 Å². The van der Waals surface area contributed by atoms with Gasteiger partial charge in [-0.2, -0.15) is 5.10 Å². The zero-order chi connectivity index (χ0) is 14.8. The molecule has 21 heavy (non-hydrogen) atoms. The zero-order valence-corrected chi connectivity index (χ0v) is 12.3. The predicted octanol–water partition coefficient (Wildman–Crippen LogP) is 3.76. The van der Waals surface area contributed by atoms with E-state index in [-0.39, 0.29) is 18.8 Å². The summed E-state index contributed by atoms with van der Waals surface area (Å²) in [5.74, 6) is -2.74. The first-order chi connectivity index (χ1) is 9.96. The van der Waals surface area contributed by atoms with Gasteiger partial charge in [0.1, 0.15) is 11.2 Å². The number of thiophene rings is 1. The highest BCUT2D eigenvalue weighted by molar-refractivity contribution is 7.25. The van der Waals surface area contributed by atoms with Crippen molar-refractivity contribution < 1.29 is 8.78 Å². The third-order valence-corrected chi connectivity index (χ3v) is 5.25. The van der Waals surface area contributed by atoms with Crippen molar-refractivity contribution in [3.63, 3.8) is 0 Å². The molecule has 0 saturated heterocycles. The number of hydrogen-bond donors (Lipinski definition) is 0. The van der Waals surface area contributed by atoms with Gasteiger partial charge in [0.25, 0.3) is 0 Å². The number of rotatable bonds is 1. The SMILES string of the molecule is Cc1nnc2sc3c(C4CC(F)(F)C4)ncnc3c2c1C. The monoisotopic (exact) mass is 306 g/mol.